The molecule has 1 saturated carbocycles. The van der Waals surface area contributed by atoms with Gasteiger partial charge >= 0.3 is 5.97 Å². The van der Waals surface area contributed by atoms with Gasteiger partial charge in [0.15, 0.2) is 0 Å². The number of aliphatic carboxylic acids is 1. The highest BCUT2D eigenvalue weighted by atomic mass is 16.5. The smallest absolute Gasteiger partial charge is 0.313 e. The molecule has 1 unspecified atom stereocenters. The number of hydrogen-bond acceptors (Lipinski definition) is 3. The summed E-state index contributed by atoms with van der Waals surface area (Å²) in [5, 5.41) is 9.44. The Kier molecular flexibility index (Phi) is 3.73. The molecule has 2 fully saturated rings. The molecule has 17 heavy (non-hydrogen) atoms. The van der Waals surface area contributed by atoms with Crippen molar-refractivity contribution in [3.8, 4) is 0 Å². The molecule has 1 N–H and O–H groups in total. The average molecular weight is 241 g/mol. The fourth-order valence-electron chi connectivity index (χ4n) is 2.45. The zero-order valence-corrected chi connectivity index (χ0v) is 10.8. The maximum Gasteiger partial charge on any atom is 0.313 e. The van der Waals surface area contributed by atoms with Crippen molar-refractivity contribution in [3.05, 3.63) is 0 Å². The fourth-order valence-corrected chi connectivity index (χ4v) is 2.45. The highest BCUT2D eigenvalue weighted by Crippen LogP contribution is 2.34. The first-order valence-corrected chi connectivity index (χ1v) is 6.59. The van der Waals surface area contributed by atoms with Crippen LogP contribution >= 0.6 is 0 Å². The van der Waals surface area contributed by atoms with Gasteiger partial charge in [0.2, 0.25) is 0 Å². The van der Waals surface area contributed by atoms with E-state index in [2.05, 4.69) is 18.7 Å². The predicted octanol–water partition coefficient (Wildman–Crippen LogP) is 1.60. The third-order valence-corrected chi connectivity index (χ3v) is 3.98. The van der Waals surface area contributed by atoms with E-state index in [9.17, 15) is 9.90 Å². The van der Waals surface area contributed by atoms with Crippen molar-refractivity contribution in [1.29, 1.82) is 0 Å². The van der Waals surface area contributed by atoms with E-state index in [1.807, 2.05) is 0 Å². The lowest BCUT2D eigenvalue weighted by Gasteiger charge is -2.34. The van der Waals surface area contributed by atoms with Crippen LogP contribution in [0.15, 0.2) is 0 Å². The van der Waals surface area contributed by atoms with Crippen LogP contribution in [0.5, 0.6) is 0 Å². The number of carboxylic acid groups (broad SMARTS) is 1. The monoisotopic (exact) mass is 241 g/mol. The Balaban J connectivity index is 2.00. The summed E-state index contributed by atoms with van der Waals surface area (Å²) in [7, 11) is 0. The first kappa shape index (κ1) is 12.8. The van der Waals surface area contributed by atoms with Gasteiger partial charge in [-0.2, -0.15) is 0 Å². The number of nitrogens with zero attached hydrogens (tertiary/aromatic N) is 1. The van der Waals surface area contributed by atoms with Gasteiger partial charge in [0.05, 0.1) is 6.61 Å². The van der Waals surface area contributed by atoms with Gasteiger partial charge in [-0.05, 0) is 39.0 Å². The maximum atomic E-state index is 11.5. The Morgan fingerprint density at radius 1 is 1.53 bits per heavy atom. The minimum atomic E-state index is -0.698. The lowest BCUT2D eigenvalue weighted by atomic mass is 9.86. The van der Waals surface area contributed by atoms with Crippen LogP contribution in [-0.2, 0) is 9.53 Å². The Morgan fingerprint density at radius 2 is 2.24 bits per heavy atom. The van der Waals surface area contributed by atoms with E-state index in [1.54, 1.807) is 0 Å². The number of hydrogen-bond donors (Lipinski definition) is 1. The first-order valence-electron chi connectivity index (χ1n) is 6.59. The van der Waals surface area contributed by atoms with E-state index >= 15 is 0 Å². The zero-order valence-electron chi connectivity index (χ0n) is 10.8. The van der Waals surface area contributed by atoms with Gasteiger partial charge in [-0.3, -0.25) is 9.69 Å². The highest BCUT2D eigenvalue weighted by Gasteiger charge is 2.44. The second kappa shape index (κ2) is 4.94. The number of ether oxygens (including phenoxy) is 1. The molecule has 0 aromatic rings. The molecular weight excluding hydrogens is 218 g/mol. The quantitative estimate of drug-likeness (QED) is 0.767. The van der Waals surface area contributed by atoms with E-state index in [0.29, 0.717) is 32.2 Å². The lowest BCUT2D eigenvalue weighted by Crippen LogP contribution is -2.47. The summed E-state index contributed by atoms with van der Waals surface area (Å²) in [6, 6.07) is 0.410. The Hall–Kier alpha value is -0.610. The minimum absolute atomic E-state index is 0.371. The van der Waals surface area contributed by atoms with Gasteiger partial charge in [-0.1, -0.05) is 0 Å². The van der Waals surface area contributed by atoms with Crippen molar-refractivity contribution in [3.63, 3.8) is 0 Å². The number of carbonyl (C=O) groups is 1. The number of rotatable bonds is 6. The molecule has 1 aliphatic heterocycles. The summed E-state index contributed by atoms with van der Waals surface area (Å²) in [5.41, 5.74) is -0.668. The highest BCUT2D eigenvalue weighted by molar-refractivity contribution is 5.75. The van der Waals surface area contributed by atoms with Crippen LogP contribution in [0.4, 0.5) is 0 Å². The molecule has 0 spiro atoms. The van der Waals surface area contributed by atoms with Crippen molar-refractivity contribution in [1.82, 2.24) is 4.90 Å². The molecule has 0 aromatic heterocycles. The molecule has 1 aliphatic carbocycles. The molecule has 98 valence electrons. The summed E-state index contributed by atoms with van der Waals surface area (Å²) < 4.78 is 5.32. The van der Waals surface area contributed by atoms with Gasteiger partial charge in [0.25, 0.3) is 0 Å². The Labute approximate surface area is 103 Å². The van der Waals surface area contributed by atoms with Crippen LogP contribution < -0.4 is 0 Å². The van der Waals surface area contributed by atoms with Crippen LogP contribution in [0, 0.1) is 11.3 Å². The molecule has 1 atom stereocenters. The van der Waals surface area contributed by atoms with Crippen molar-refractivity contribution in [2.45, 2.75) is 39.2 Å². The molecular formula is C13H23NO3. The molecule has 2 aliphatic rings. The van der Waals surface area contributed by atoms with Gasteiger partial charge in [-0.15, -0.1) is 0 Å². The third-order valence-electron chi connectivity index (χ3n) is 3.98. The topological polar surface area (TPSA) is 49.8 Å². The summed E-state index contributed by atoms with van der Waals surface area (Å²) in [6.07, 6.45) is 3.26. The standard InChI is InChI=1S/C13H23NO3/c1-10(2)14(7-11-3-4-11)8-13(12(15)16)5-6-17-9-13/h10-11H,3-9H2,1-2H3,(H,15,16). The third kappa shape index (κ3) is 2.99. The van der Waals surface area contributed by atoms with Gasteiger partial charge in [0, 0.05) is 25.7 Å². The normalized spacial score (nSPS) is 29.2. The number of carboxylic acids is 1. The predicted molar refractivity (Wildman–Crippen MR) is 64.9 cm³/mol. The van der Waals surface area contributed by atoms with Crippen molar-refractivity contribution in [2.75, 3.05) is 26.3 Å². The largest absolute Gasteiger partial charge is 0.481 e. The Morgan fingerprint density at radius 3 is 2.65 bits per heavy atom. The molecule has 0 radical (unpaired) electrons. The molecule has 2 rings (SSSR count). The van der Waals surface area contributed by atoms with E-state index in [1.165, 1.54) is 12.8 Å². The van der Waals surface area contributed by atoms with Crippen LogP contribution in [0.25, 0.3) is 0 Å². The van der Waals surface area contributed by atoms with Gasteiger partial charge in [0.1, 0.15) is 5.41 Å². The van der Waals surface area contributed by atoms with E-state index < -0.39 is 11.4 Å². The first-order chi connectivity index (χ1) is 8.03. The molecule has 4 heteroatoms. The summed E-state index contributed by atoms with van der Waals surface area (Å²) in [5.74, 6) is 0.0991. The van der Waals surface area contributed by atoms with Crippen LogP contribution in [0.3, 0.4) is 0 Å². The van der Waals surface area contributed by atoms with E-state index in [4.69, 9.17) is 4.74 Å². The van der Waals surface area contributed by atoms with Gasteiger partial charge in [-0.25, -0.2) is 0 Å². The molecule has 0 aromatic carbocycles. The minimum Gasteiger partial charge on any atom is -0.481 e. The second-order valence-electron chi connectivity index (χ2n) is 5.85. The molecule has 0 bridgehead atoms. The van der Waals surface area contributed by atoms with Crippen molar-refractivity contribution >= 4 is 5.97 Å². The molecule has 0 amide bonds. The second-order valence-corrected chi connectivity index (χ2v) is 5.85. The molecule has 4 nitrogen and oxygen atoms in total. The Bertz CT molecular complexity index is 280. The van der Waals surface area contributed by atoms with Crippen molar-refractivity contribution in [2.24, 2.45) is 11.3 Å². The van der Waals surface area contributed by atoms with Crippen LogP contribution in [-0.4, -0.2) is 48.3 Å². The van der Waals surface area contributed by atoms with Crippen molar-refractivity contribution < 1.29 is 14.6 Å². The summed E-state index contributed by atoms with van der Waals surface area (Å²) in [4.78, 5) is 13.8. The van der Waals surface area contributed by atoms with E-state index in [0.717, 1.165) is 12.5 Å². The van der Waals surface area contributed by atoms with Crippen LogP contribution in [0.1, 0.15) is 33.1 Å². The SMILES string of the molecule is CC(C)N(CC1CC1)CC1(C(=O)O)CCOC1. The maximum absolute atomic E-state index is 11.5. The summed E-state index contributed by atoms with van der Waals surface area (Å²) >= 11 is 0. The summed E-state index contributed by atoms with van der Waals surface area (Å²) in [6.45, 7) is 6.93. The molecule has 1 heterocycles. The average Bonchev–Trinajstić information content (AvgIpc) is 2.93. The lowest BCUT2D eigenvalue weighted by molar-refractivity contribution is -0.150. The van der Waals surface area contributed by atoms with Gasteiger partial charge < -0.3 is 9.84 Å². The van der Waals surface area contributed by atoms with E-state index in [-0.39, 0.29) is 0 Å². The fraction of sp³-hybridized carbons (Fsp3) is 0.923. The molecule has 1 saturated heterocycles. The zero-order chi connectivity index (χ0) is 12.5. The van der Waals surface area contributed by atoms with Crippen LogP contribution in [0.2, 0.25) is 0 Å².